The number of benzene rings is 1. The van der Waals surface area contributed by atoms with E-state index < -0.39 is 0 Å². The fourth-order valence-electron chi connectivity index (χ4n) is 4.30. The molecule has 1 amide bonds. The van der Waals surface area contributed by atoms with Crippen molar-refractivity contribution in [3.8, 4) is 0 Å². The highest BCUT2D eigenvalue weighted by molar-refractivity contribution is 5.99. The number of carbonyl (C=O) groups is 1. The number of aryl methyl sites for hydroxylation is 2. The molecule has 0 radical (unpaired) electrons. The normalized spacial score (nSPS) is 19.7. The summed E-state index contributed by atoms with van der Waals surface area (Å²) in [6.45, 7) is 6.30. The Bertz CT molecular complexity index is 993. The molecule has 2 heterocycles. The van der Waals surface area contributed by atoms with Gasteiger partial charge in [-0.25, -0.2) is 9.50 Å². The summed E-state index contributed by atoms with van der Waals surface area (Å²) in [5.41, 5.74) is 5.61. The molecule has 5 heteroatoms. The summed E-state index contributed by atoms with van der Waals surface area (Å²) >= 11 is 0. The Morgan fingerprint density at radius 2 is 1.93 bits per heavy atom. The highest BCUT2D eigenvalue weighted by atomic mass is 16.1. The molecule has 0 unspecified atom stereocenters. The van der Waals surface area contributed by atoms with Crippen LogP contribution in [0.3, 0.4) is 0 Å². The Labute approximate surface area is 166 Å². The van der Waals surface area contributed by atoms with E-state index in [0.717, 1.165) is 29.8 Å². The van der Waals surface area contributed by atoms with Gasteiger partial charge in [-0.05, 0) is 43.7 Å². The molecule has 28 heavy (non-hydrogen) atoms. The quantitative estimate of drug-likeness (QED) is 0.741. The third-order valence-electron chi connectivity index (χ3n) is 6.10. The molecule has 1 saturated carbocycles. The Morgan fingerprint density at radius 3 is 2.68 bits per heavy atom. The number of carbonyl (C=O) groups excluding carboxylic acids is 1. The van der Waals surface area contributed by atoms with Crippen LogP contribution in [0.5, 0.6) is 0 Å². The fraction of sp³-hybridized carbons (Fsp3) is 0.435. The van der Waals surface area contributed by atoms with Gasteiger partial charge < -0.3 is 5.32 Å². The first-order valence-electron chi connectivity index (χ1n) is 10.2. The lowest BCUT2D eigenvalue weighted by Gasteiger charge is -2.29. The standard InChI is InChI=1S/C23H28N4O/c1-15-9-7-8-12-21(15)26-23(28)20-14-24-27-17(3)19(16(2)25-22(20)27)13-18-10-5-4-6-11-18/h4-6,10-11,14-15,21H,7-9,12-13H2,1-3H3,(H,26,28)/t15-,21+/m1/s1. The molecular weight excluding hydrogens is 348 g/mol. The van der Waals surface area contributed by atoms with Crippen molar-refractivity contribution < 1.29 is 4.79 Å². The molecule has 1 aliphatic carbocycles. The van der Waals surface area contributed by atoms with Crippen LogP contribution in [0.4, 0.5) is 0 Å². The van der Waals surface area contributed by atoms with Crippen molar-refractivity contribution in [3.63, 3.8) is 0 Å². The Morgan fingerprint density at radius 1 is 1.18 bits per heavy atom. The summed E-state index contributed by atoms with van der Waals surface area (Å²) in [5, 5.41) is 7.71. The minimum atomic E-state index is -0.0594. The van der Waals surface area contributed by atoms with Gasteiger partial charge in [0.05, 0.1) is 6.20 Å². The van der Waals surface area contributed by atoms with Crippen LogP contribution in [-0.2, 0) is 6.42 Å². The first-order chi connectivity index (χ1) is 13.5. The van der Waals surface area contributed by atoms with Crippen molar-refractivity contribution in [2.45, 2.75) is 58.9 Å². The molecule has 4 rings (SSSR count). The summed E-state index contributed by atoms with van der Waals surface area (Å²) in [6, 6.07) is 10.6. The zero-order valence-electron chi connectivity index (χ0n) is 16.9. The minimum absolute atomic E-state index is 0.0594. The van der Waals surface area contributed by atoms with Crippen molar-refractivity contribution in [2.75, 3.05) is 0 Å². The maximum absolute atomic E-state index is 12.9. The summed E-state index contributed by atoms with van der Waals surface area (Å²) < 4.78 is 1.81. The predicted molar refractivity (Wildman–Crippen MR) is 111 cm³/mol. The maximum Gasteiger partial charge on any atom is 0.256 e. The molecule has 146 valence electrons. The number of nitrogens with one attached hydrogen (secondary N) is 1. The molecule has 0 aliphatic heterocycles. The van der Waals surface area contributed by atoms with E-state index in [1.165, 1.54) is 24.8 Å². The van der Waals surface area contributed by atoms with E-state index in [1.807, 2.05) is 17.5 Å². The summed E-state index contributed by atoms with van der Waals surface area (Å²) in [7, 11) is 0. The molecule has 0 bridgehead atoms. The number of aromatic nitrogens is 3. The fourth-order valence-corrected chi connectivity index (χ4v) is 4.30. The van der Waals surface area contributed by atoms with E-state index in [9.17, 15) is 4.79 Å². The largest absolute Gasteiger partial charge is 0.349 e. The molecule has 3 aromatic rings. The Kier molecular flexibility index (Phi) is 5.16. The van der Waals surface area contributed by atoms with Crippen molar-refractivity contribution in [3.05, 3.63) is 64.6 Å². The lowest BCUT2D eigenvalue weighted by molar-refractivity contribution is 0.0912. The van der Waals surface area contributed by atoms with E-state index in [-0.39, 0.29) is 11.9 Å². The van der Waals surface area contributed by atoms with E-state index in [4.69, 9.17) is 4.98 Å². The first kappa shape index (κ1) is 18.7. The predicted octanol–water partition coefficient (Wildman–Crippen LogP) is 4.25. The molecular formula is C23H28N4O. The van der Waals surface area contributed by atoms with Crippen molar-refractivity contribution >= 4 is 11.6 Å². The molecule has 2 atom stereocenters. The van der Waals surface area contributed by atoms with Crippen LogP contribution in [0, 0.1) is 19.8 Å². The van der Waals surface area contributed by atoms with Crippen molar-refractivity contribution in [1.29, 1.82) is 0 Å². The third kappa shape index (κ3) is 3.53. The number of amides is 1. The van der Waals surface area contributed by atoms with Crippen LogP contribution < -0.4 is 5.32 Å². The Balaban J connectivity index is 1.64. The van der Waals surface area contributed by atoms with Gasteiger partial charge in [0.2, 0.25) is 0 Å². The molecule has 1 aliphatic rings. The van der Waals surface area contributed by atoms with Crippen LogP contribution in [0.2, 0.25) is 0 Å². The SMILES string of the molecule is Cc1nc2c(C(=O)N[C@H]3CCCC[C@H]3C)cnn2c(C)c1Cc1ccccc1. The molecule has 1 aromatic carbocycles. The number of hydrogen-bond donors (Lipinski definition) is 1. The molecule has 0 spiro atoms. The first-order valence-corrected chi connectivity index (χ1v) is 10.2. The zero-order valence-corrected chi connectivity index (χ0v) is 16.9. The molecule has 1 N–H and O–H groups in total. The maximum atomic E-state index is 12.9. The third-order valence-corrected chi connectivity index (χ3v) is 6.10. The molecule has 2 aromatic heterocycles. The van der Waals surface area contributed by atoms with Crippen LogP contribution in [0.1, 0.15) is 65.5 Å². The van der Waals surface area contributed by atoms with E-state index in [0.29, 0.717) is 17.1 Å². The second kappa shape index (κ2) is 7.74. The number of nitrogens with zero attached hydrogens (tertiary/aromatic N) is 3. The molecule has 5 nitrogen and oxygen atoms in total. The van der Waals surface area contributed by atoms with E-state index in [1.54, 1.807) is 6.20 Å². The van der Waals surface area contributed by atoms with Crippen molar-refractivity contribution in [1.82, 2.24) is 19.9 Å². The number of hydrogen-bond acceptors (Lipinski definition) is 3. The van der Waals surface area contributed by atoms with Gasteiger partial charge in [0.25, 0.3) is 5.91 Å². The van der Waals surface area contributed by atoms with Gasteiger partial charge in [-0.2, -0.15) is 5.10 Å². The van der Waals surface area contributed by atoms with Crippen LogP contribution in [-0.4, -0.2) is 26.5 Å². The van der Waals surface area contributed by atoms with Crippen LogP contribution in [0.25, 0.3) is 5.65 Å². The van der Waals surface area contributed by atoms with Gasteiger partial charge in [0.1, 0.15) is 5.56 Å². The summed E-state index contributed by atoms with van der Waals surface area (Å²) in [5.74, 6) is 0.462. The lowest BCUT2D eigenvalue weighted by atomic mass is 9.86. The van der Waals surface area contributed by atoms with Gasteiger partial charge in [-0.15, -0.1) is 0 Å². The van der Waals surface area contributed by atoms with Gasteiger partial charge in [0.15, 0.2) is 5.65 Å². The van der Waals surface area contributed by atoms with E-state index >= 15 is 0 Å². The second-order valence-corrected chi connectivity index (χ2v) is 8.06. The summed E-state index contributed by atoms with van der Waals surface area (Å²) in [4.78, 5) is 17.7. The lowest BCUT2D eigenvalue weighted by Crippen LogP contribution is -2.41. The van der Waals surface area contributed by atoms with Gasteiger partial charge in [-0.1, -0.05) is 50.1 Å². The molecule has 0 saturated heterocycles. The topological polar surface area (TPSA) is 59.3 Å². The monoisotopic (exact) mass is 376 g/mol. The second-order valence-electron chi connectivity index (χ2n) is 8.06. The molecule has 1 fully saturated rings. The van der Waals surface area contributed by atoms with Gasteiger partial charge in [-0.3, -0.25) is 4.79 Å². The zero-order chi connectivity index (χ0) is 19.7. The van der Waals surface area contributed by atoms with Crippen LogP contribution >= 0.6 is 0 Å². The van der Waals surface area contributed by atoms with Crippen LogP contribution in [0.15, 0.2) is 36.5 Å². The minimum Gasteiger partial charge on any atom is -0.349 e. The number of rotatable bonds is 4. The average Bonchev–Trinajstić information content (AvgIpc) is 3.12. The van der Waals surface area contributed by atoms with Gasteiger partial charge >= 0.3 is 0 Å². The highest BCUT2D eigenvalue weighted by Gasteiger charge is 2.25. The number of fused-ring (bicyclic) bond motifs is 1. The highest BCUT2D eigenvalue weighted by Crippen LogP contribution is 2.25. The average molecular weight is 377 g/mol. The summed E-state index contributed by atoms with van der Waals surface area (Å²) in [6.07, 6.45) is 7.14. The smallest absolute Gasteiger partial charge is 0.256 e. The van der Waals surface area contributed by atoms with Crippen molar-refractivity contribution in [2.24, 2.45) is 5.92 Å². The van der Waals surface area contributed by atoms with Gasteiger partial charge in [0, 0.05) is 23.9 Å². The van der Waals surface area contributed by atoms with E-state index in [2.05, 4.69) is 48.5 Å². The Hall–Kier alpha value is -2.69.